The van der Waals surface area contributed by atoms with E-state index in [1.807, 2.05) is 19.1 Å². The Morgan fingerprint density at radius 3 is 2.27 bits per heavy atom. The minimum Gasteiger partial charge on any atom is -0.291 e. The van der Waals surface area contributed by atoms with Gasteiger partial charge >= 0.3 is 0 Å². The van der Waals surface area contributed by atoms with Crippen molar-refractivity contribution in [1.82, 2.24) is 5.48 Å². The molecule has 0 aromatic carbocycles. The second-order valence-corrected chi connectivity index (χ2v) is 2.52. The third-order valence-corrected chi connectivity index (χ3v) is 1.65. The molecule has 0 radical (unpaired) electrons. The molecule has 0 fully saturated rings. The zero-order valence-corrected chi connectivity index (χ0v) is 7.52. The maximum atomic E-state index is 8.56. The summed E-state index contributed by atoms with van der Waals surface area (Å²) in [6, 6.07) is 0. The maximum absolute atomic E-state index is 8.56. The molecule has 0 heterocycles. The summed E-state index contributed by atoms with van der Waals surface area (Å²) in [5.74, 6) is 0. The Morgan fingerprint density at radius 2 is 1.91 bits per heavy atom. The number of nitrogens with one attached hydrogen (secondary N) is 1. The van der Waals surface area contributed by atoms with Crippen LogP contribution < -0.4 is 5.48 Å². The number of hydrogen-bond donors (Lipinski definition) is 2. The molecule has 0 amide bonds. The molecule has 0 saturated carbocycles. The molecule has 0 spiro atoms. The molecule has 0 atom stereocenters. The van der Waals surface area contributed by atoms with Gasteiger partial charge in [-0.3, -0.25) is 10.7 Å². The molecule has 0 aliphatic rings. The van der Waals surface area contributed by atoms with Crippen LogP contribution in [0.25, 0.3) is 0 Å². The summed E-state index contributed by atoms with van der Waals surface area (Å²) < 4.78 is 0. The third kappa shape index (κ3) is 4.62. The number of hydrogen-bond acceptors (Lipinski definition) is 2. The van der Waals surface area contributed by atoms with Crippen LogP contribution >= 0.6 is 0 Å². The molecule has 0 aromatic rings. The minimum absolute atomic E-state index is 0.823. The quantitative estimate of drug-likeness (QED) is 0.483. The topological polar surface area (TPSA) is 32.3 Å². The molecule has 0 saturated heterocycles. The van der Waals surface area contributed by atoms with E-state index in [1.165, 1.54) is 5.57 Å². The van der Waals surface area contributed by atoms with E-state index in [4.69, 9.17) is 5.21 Å². The van der Waals surface area contributed by atoms with Gasteiger partial charge in [-0.15, -0.1) is 0 Å². The fraction of sp³-hybridized carbons (Fsp3) is 0.556. The van der Waals surface area contributed by atoms with E-state index in [0.29, 0.717) is 0 Å². The Bertz CT molecular complexity index is 153. The first-order valence-corrected chi connectivity index (χ1v) is 4.01. The van der Waals surface area contributed by atoms with Crippen molar-refractivity contribution in [1.29, 1.82) is 0 Å². The first-order chi connectivity index (χ1) is 5.24. The molecular formula is C9H17NO. The van der Waals surface area contributed by atoms with Crippen LogP contribution in [0.15, 0.2) is 23.4 Å². The number of allylic oxidation sites excluding steroid dienone is 4. The summed E-state index contributed by atoms with van der Waals surface area (Å²) in [4.78, 5) is 0. The second-order valence-electron chi connectivity index (χ2n) is 2.52. The summed E-state index contributed by atoms with van der Waals surface area (Å²) in [5, 5.41) is 8.56. The highest BCUT2D eigenvalue weighted by Crippen LogP contribution is 2.01. The van der Waals surface area contributed by atoms with Crippen LogP contribution in [-0.4, -0.2) is 5.21 Å². The van der Waals surface area contributed by atoms with Crippen molar-refractivity contribution in [2.75, 3.05) is 0 Å². The summed E-state index contributed by atoms with van der Waals surface area (Å²) in [5.41, 5.74) is 4.30. The van der Waals surface area contributed by atoms with Crippen LogP contribution in [0.5, 0.6) is 0 Å². The molecule has 2 nitrogen and oxygen atoms in total. The molecule has 2 N–H and O–H groups in total. The van der Waals surface area contributed by atoms with Crippen molar-refractivity contribution in [3.8, 4) is 0 Å². The van der Waals surface area contributed by atoms with Crippen molar-refractivity contribution in [3.05, 3.63) is 23.4 Å². The van der Waals surface area contributed by atoms with Gasteiger partial charge in [0.1, 0.15) is 0 Å². The van der Waals surface area contributed by atoms with Gasteiger partial charge in [0.05, 0.1) is 0 Å². The van der Waals surface area contributed by atoms with Crippen LogP contribution in [0.4, 0.5) is 0 Å². The fourth-order valence-electron chi connectivity index (χ4n) is 0.595. The zero-order chi connectivity index (χ0) is 8.69. The van der Waals surface area contributed by atoms with Crippen molar-refractivity contribution in [2.45, 2.75) is 33.6 Å². The molecule has 11 heavy (non-hydrogen) atoms. The molecule has 0 bridgehead atoms. The van der Waals surface area contributed by atoms with Gasteiger partial charge in [0.25, 0.3) is 0 Å². The zero-order valence-electron chi connectivity index (χ0n) is 7.52. The van der Waals surface area contributed by atoms with Crippen LogP contribution in [-0.2, 0) is 0 Å². The van der Waals surface area contributed by atoms with Gasteiger partial charge in [-0.1, -0.05) is 25.5 Å². The predicted molar refractivity (Wildman–Crippen MR) is 47.3 cm³/mol. The Kier molecular flexibility index (Phi) is 5.57. The highest BCUT2D eigenvalue weighted by Gasteiger charge is 1.86. The van der Waals surface area contributed by atoms with Crippen molar-refractivity contribution in [2.24, 2.45) is 0 Å². The van der Waals surface area contributed by atoms with Crippen LogP contribution in [0, 0.1) is 0 Å². The van der Waals surface area contributed by atoms with Crippen LogP contribution in [0.2, 0.25) is 0 Å². The van der Waals surface area contributed by atoms with Crippen molar-refractivity contribution >= 4 is 0 Å². The van der Waals surface area contributed by atoms with Gasteiger partial charge in [0.2, 0.25) is 0 Å². The standard InChI is InChI=1S/C9H17NO/c1-4-8(3)6-7-9(5-2)10-11/h6-7,10-11H,4-5H2,1-3H3/b8-6-,9-7+. The largest absolute Gasteiger partial charge is 0.291 e. The molecule has 64 valence electrons. The van der Waals surface area contributed by atoms with Crippen molar-refractivity contribution < 1.29 is 5.21 Å². The van der Waals surface area contributed by atoms with Gasteiger partial charge in [-0.2, -0.15) is 0 Å². The average Bonchev–Trinajstić information content (AvgIpc) is 2.06. The van der Waals surface area contributed by atoms with Gasteiger partial charge in [0, 0.05) is 5.70 Å². The van der Waals surface area contributed by atoms with Gasteiger partial charge in [-0.25, -0.2) is 0 Å². The van der Waals surface area contributed by atoms with E-state index < -0.39 is 0 Å². The lowest BCUT2D eigenvalue weighted by Gasteiger charge is -1.99. The van der Waals surface area contributed by atoms with Crippen LogP contribution in [0.1, 0.15) is 33.6 Å². The molecule has 0 unspecified atom stereocenters. The monoisotopic (exact) mass is 155 g/mol. The van der Waals surface area contributed by atoms with Crippen molar-refractivity contribution in [3.63, 3.8) is 0 Å². The molecule has 0 rings (SSSR count). The lowest BCUT2D eigenvalue weighted by molar-refractivity contribution is 0.197. The molecule has 0 aromatic heterocycles. The first-order valence-electron chi connectivity index (χ1n) is 4.01. The lowest BCUT2D eigenvalue weighted by atomic mass is 10.2. The molecule has 2 heteroatoms. The summed E-state index contributed by atoms with van der Waals surface area (Å²) in [6.07, 6.45) is 5.80. The number of rotatable bonds is 4. The SMILES string of the molecule is CC/C(C)=C\C=C(/CC)NO. The summed E-state index contributed by atoms with van der Waals surface area (Å²) in [6.45, 7) is 6.17. The first kappa shape index (κ1) is 10.2. The Hall–Kier alpha value is -0.760. The minimum atomic E-state index is 0.823. The smallest absolute Gasteiger partial charge is 0.0373 e. The highest BCUT2D eigenvalue weighted by molar-refractivity contribution is 5.14. The van der Waals surface area contributed by atoms with Gasteiger partial charge in [0.15, 0.2) is 0 Å². The summed E-state index contributed by atoms with van der Waals surface area (Å²) in [7, 11) is 0. The molecule has 0 aliphatic carbocycles. The Morgan fingerprint density at radius 1 is 1.27 bits per heavy atom. The summed E-state index contributed by atoms with van der Waals surface area (Å²) >= 11 is 0. The van der Waals surface area contributed by atoms with E-state index in [1.54, 1.807) is 0 Å². The fourth-order valence-corrected chi connectivity index (χ4v) is 0.595. The maximum Gasteiger partial charge on any atom is 0.0373 e. The van der Waals surface area contributed by atoms with E-state index in [2.05, 4.69) is 19.3 Å². The van der Waals surface area contributed by atoms with E-state index in [-0.39, 0.29) is 0 Å². The highest BCUT2D eigenvalue weighted by atomic mass is 16.5. The van der Waals surface area contributed by atoms with E-state index in [0.717, 1.165) is 18.5 Å². The predicted octanol–water partition coefficient (Wildman–Crippen LogP) is 2.62. The lowest BCUT2D eigenvalue weighted by Crippen LogP contribution is -2.04. The third-order valence-electron chi connectivity index (χ3n) is 1.65. The molecule has 0 aliphatic heterocycles. The van der Waals surface area contributed by atoms with E-state index >= 15 is 0 Å². The molecular weight excluding hydrogens is 138 g/mol. The Balaban J connectivity index is 4.06. The Labute approximate surface area is 68.6 Å². The van der Waals surface area contributed by atoms with E-state index in [9.17, 15) is 0 Å². The second kappa shape index (κ2) is 5.98. The average molecular weight is 155 g/mol. The van der Waals surface area contributed by atoms with Gasteiger partial charge in [-0.05, 0) is 25.8 Å². The van der Waals surface area contributed by atoms with Gasteiger partial charge < -0.3 is 0 Å². The number of hydroxylamine groups is 1. The van der Waals surface area contributed by atoms with Crippen LogP contribution in [0.3, 0.4) is 0 Å². The normalized spacial score (nSPS) is 13.5.